The van der Waals surface area contributed by atoms with Gasteiger partial charge in [0.15, 0.2) is 6.27 Å². The Bertz CT molecular complexity index is 48.1. The molecule has 0 aromatic heterocycles. The maximum Gasteiger partial charge on any atom is 0.151 e. The molecular weight excluding hydrogens is 80.0 g/mol. The molecule has 0 bridgehead atoms. The minimum atomic E-state index is -2.20. The van der Waals surface area contributed by atoms with Gasteiger partial charge in [-0.3, -0.25) is 0 Å². The van der Waals surface area contributed by atoms with E-state index in [1.165, 1.54) is 0 Å². The maximum absolute atomic E-state index is 8.24. The smallest absolute Gasteiger partial charge is 0.151 e. The van der Waals surface area contributed by atoms with Crippen molar-refractivity contribution in [1.82, 2.24) is 0 Å². The van der Waals surface area contributed by atoms with Crippen molar-refractivity contribution < 1.29 is 11.6 Å². The molecule has 0 spiro atoms. The van der Waals surface area contributed by atoms with Crippen molar-refractivity contribution in [3.8, 4) is 0 Å². The van der Waals surface area contributed by atoms with Crippen molar-refractivity contribution in [3.63, 3.8) is 0 Å². The van der Waals surface area contributed by atoms with Crippen LogP contribution in [0.25, 0.3) is 0 Å². The molecule has 2 heteroatoms. The van der Waals surface area contributed by atoms with Crippen LogP contribution < -0.4 is 0 Å². The van der Waals surface area contributed by atoms with Gasteiger partial charge in [0.25, 0.3) is 0 Å². The van der Waals surface area contributed by atoms with Gasteiger partial charge in [0.1, 0.15) is 0 Å². The minimum Gasteiger partial charge on any atom is -0.368 e. The lowest BCUT2D eigenvalue weighted by atomic mass is 10.3. The molecule has 0 amide bonds. The van der Waals surface area contributed by atoms with Crippen LogP contribution in [0.2, 0.25) is 0 Å². The normalized spacial score (nSPS) is 14.2. The second-order valence-corrected chi connectivity index (χ2v) is 1.17. The van der Waals surface area contributed by atoms with Crippen LogP contribution in [0, 0.1) is 0 Å². The Kier molecular flexibility index (Phi) is 2.13. The van der Waals surface area contributed by atoms with Gasteiger partial charge in [0.05, 0.1) is 1.37 Å². The highest BCUT2D eigenvalue weighted by Gasteiger charge is 1.89. The van der Waals surface area contributed by atoms with E-state index in [-0.39, 0.29) is 6.42 Å². The lowest BCUT2D eigenvalue weighted by molar-refractivity contribution is -0.0453. The Labute approximate surface area is 38.8 Å². The van der Waals surface area contributed by atoms with Crippen LogP contribution in [-0.2, 0) is 0 Å². The van der Waals surface area contributed by atoms with Gasteiger partial charge in [0, 0.05) is 0 Å². The molecule has 6 heavy (non-hydrogen) atoms. The average Bonchev–Trinajstić information content (AvgIpc) is 1.30. The summed E-state index contributed by atoms with van der Waals surface area (Å²) in [5.41, 5.74) is 0. The fraction of sp³-hybridized carbons (Fsp3) is 1.00. The molecule has 0 saturated heterocycles. The molecule has 0 aliphatic heterocycles. The van der Waals surface area contributed by atoms with Crippen molar-refractivity contribution in [2.75, 3.05) is 0 Å². The summed E-state index contributed by atoms with van der Waals surface area (Å²) >= 11 is 0. The van der Waals surface area contributed by atoms with Crippen molar-refractivity contribution in [1.29, 1.82) is 0 Å². The number of hydrogen-bond donors (Lipinski definition) is 2. The summed E-state index contributed by atoms with van der Waals surface area (Å²) in [7, 11) is 0. The highest BCUT2D eigenvalue weighted by atomic mass is 16.5. The minimum absolute atomic E-state index is 0.118. The summed E-state index contributed by atoms with van der Waals surface area (Å²) in [5, 5.41) is 16.5. The fourth-order valence-corrected chi connectivity index (χ4v) is 0.224. The van der Waals surface area contributed by atoms with E-state index in [0.29, 0.717) is 6.42 Å². The fourth-order valence-electron chi connectivity index (χ4n) is 0.224. The molecule has 0 atom stereocenters. The van der Waals surface area contributed by atoms with E-state index in [4.69, 9.17) is 11.6 Å². The highest BCUT2D eigenvalue weighted by molar-refractivity contribution is 4.31. The van der Waals surface area contributed by atoms with Crippen LogP contribution in [0.15, 0.2) is 0 Å². The van der Waals surface area contributed by atoms with Crippen LogP contribution >= 0.6 is 0 Å². The third kappa shape index (κ3) is 3.92. The van der Waals surface area contributed by atoms with Crippen LogP contribution in [0.4, 0.5) is 0 Å². The van der Waals surface area contributed by atoms with Crippen LogP contribution in [-0.4, -0.2) is 16.5 Å². The Hall–Kier alpha value is -0.0800. The first-order chi connectivity index (χ1) is 3.06. The Morgan fingerprint density at radius 1 is 1.83 bits per heavy atom. The quantitative estimate of drug-likeness (QED) is 0.473. The first kappa shape index (κ1) is 4.09. The Morgan fingerprint density at radius 3 is 2.33 bits per heavy atom. The predicted octanol–water partition coefficient (Wildman–Crippen LogP) is 0.0972. The second-order valence-electron chi connectivity index (χ2n) is 1.17. The molecule has 0 aliphatic carbocycles. The van der Waals surface area contributed by atoms with Gasteiger partial charge in [-0.1, -0.05) is 13.3 Å². The Morgan fingerprint density at radius 2 is 2.33 bits per heavy atom. The van der Waals surface area contributed by atoms with Gasteiger partial charge >= 0.3 is 0 Å². The predicted molar refractivity (Wildman–Crippen MR) is 23.1 cm³/mol. The first-order valence-electron chi connectivity index (χ1n) is 2.51. The molecule has 0 fully saturated rings. The standard InChI is InChI=1S/C4H10O2/c1-2-3-4(5)6/h4-6H,2-3H2,1H3/i4D. The summed E-state index contributed by atoms with van der Waals surface area (Å²) in [5.74, 6) is 0. The van der Waals surface area contributed by atoms with E-state index >= 15 is 0 Å². The monoisotopic (exact) mass is 91.1 g/mol. The van der Waals surface area contributed by atoms with Crippen LogP contribution in [0.1, 0.15) is 21.1 Å². The van der Waals surface area contributed by atoms with Gasteiger partial charge in [-0.05, 0) is 6.42 Å². The molecule has 38 valence electrons. The van der Waals surface area contributed by atoms with E-state index in [1.807, 2.05) is 0 Å². The van der Waals surface area contributed by atoms with Crippen LogP contribution in [0.3, 0.4) is 0 Å². The summed E-state index contributed by atoms with van der Waals surface area (Å²) < 4.78 is 6.44. The second kappa shape index (κ2) is 3.12. The van der Waals surface area contributed by atoms with E-state index in [2.05, 4.69) is 0 Å². The summed E-state index contributed by atoms with van der Waals surface area (Å²) in [6, 6.07) is 0. The van der Waals surface area contributed by atoms with E-state index in [0.717, 1.165) is 0 Å². The van der Waals surface area contributed by atoms with Gasteiger partial charge < -0.3 is 10.2 Å². The lowest BCUT2D eigenvalue weighted by Crippen LogP contribution is -2.01. The summed E-state index contributed by atoms with van der Waals surface area (Å²) in [6.07, 6.45) is -1.46. The SMILES string of the molecule is [2H]C(O)(O)CCC. The average molecular weight is 91.1 g/mol. The number of hydrogen-bond acceptors (Lipinski definition) is 2. The van der Waals surface area contributed by atoms with E-state index in [1.54, 1.807) is 6.92 Å². The van der Waals surface area contributed by atoms with Crippen molar-refractivity contribution in [2.45, 2.75) is 26.0 Å². The molecule has 0 heterocycles. The molecule has 0 saturated carbocycles. The van der Waals surface area contributed by atoms with E-state index in [9.17, 15) is 0 Å². The third-order valence-corrected chi connectivity index (χ3v) is 0.474. The van der Waals surface area contributed by atoms with E-state index < -0.39 is 6.27 Å². The molecular formula is C4H10O2. The number of rotatable bonds is 2. The molecule has 0 rings (SSSR count). The summed E-state index contributed by atoms with van der Waals surface area (Å²) in [4.78, 5) is 0. The zero-order valence-corrected chi connectivity index (χ0v) is 3.81. The molecule has 0 radical (unpaired) electrons. The molecule has 0 aromatic carbocycles. The summed E-state index contributed by atoms with van der Waals surface area (Å²) in [6.45, 7) is 1.79. The Balaban J connectivity index is 3.15. The topological polar surface area (TPSA) is 40.5 Å². The maximum atomic E-state index is 8.24. The molecule has 2 nitrogen and oxygen atoms in total. The molecule has 0 aromatic rings. The number of aliphatic hydroxyl groups is 2. The van der Waals surface area contributed by atoms with Crippen molar-refractivity contribution >= 4 is 0 Å². The molecule has 2 N–H and O–H groups in total. The third-order valence-electron chi connectivity index (χ3n) is 0.474. The van der Waals surface area contributed by atoms with Gasteiger partial charge in [-0.15, -0.1) is 0 Å². The zero-order chi connectivity index (χ0) is 5.91. The van der Waals surface area contributed by atoms with Crippen molar-refractivity contribution in [3.05, 3.63) is 0 Å². The molecule has 0 aliphatic rings. The van der Waals surface area contributed by atoms with Crippen molar-refractivity contribution in [2.24, 2.45) is 0 Å². The lowest BCUT2D eigenvalue weighted by Gasteiger charge is -1.94. The van der Waals surface area contributed by atoms with Gasteiger partial charge in [-0.25, -0.2) is 0 Å². The largest absolute Gasteiger partial charge is 0.368 e. The van der Waals surface area contributed by atoms with Crippen LogP contribution in [0.5, 0.6) is 0 Å². The van der Waals surface area contributed by atoms with Gasteiger partial charge in [-0.2, -0.15) is 0 Å². The first-order valence-corrected chi connectivity index (χ1v) is 2.01. The zero-order valence-electron chi connectivity index (χ0n) is 4.81. The van der Waals surface area contributed by atoms with Gasteiger partial charge in [0.2, 0.25) is 0 Å². The molecule has 0 unspecified atom stereocenters. The highest BCUT2D eigenvalue weighted by Crippen LogP contribution is 1.88.